The number of phenols is 1. The van der Waals surface area contributed by atoms with Crippen molar-refractivity contribution in [3.8, 4) is 17.2 Å². The van der Waals surface area contributed by atoms with Gasteiger partial charge in [-0.3, -0.25) is 14.9 Å². The summed E-state index contributed by atoms with van der Waals surface area (Å²) >= 11 is 0. The number of hydrazone groups is 1. The van der Waals surface area contributed by atoms with Gasteiger partial charge < -0.3 is 14.6 Å². The van der Waals surface area contributed by atoms with Gasteiger partial charge in [-0.1, -0.05) is 6.07 Å². The van der Waals surface area contributed by atoms with Crippen molar-refractivity contribution in [2.24, 2.45) is 5.10 Å². The van der Waals surface area contributed by atoms with Gasteiger partial charge in [0.15, 0.2) is 11.5 Å². The van der Waals surface area contributed by atoms with Crippen LogP contribution < -0.4 is 14.5 Å². The number of rotatable bonds is 7. The van der Waals surface area contributed by atoms with E-state index in [9.17, 15) is 20.0 Å². The molecule has 0 spiro atoms. The van der Waals surface area contributed by atoms with Crippen molar-refractivity contribution in [2.75, 3.05) is 18.7 Å². The highest BCUT2D eigenvalue weighted by Gasteiger charge is 2.32. The summed E-state index contributed by atoms with van der Waals surface area (Å²) in [7, 11) is 1.56. The highest BCUT2D eigenvalue weighted by atomic mass is 16.6. The molecule has 0 bridgehead atoms. The molecular formula is C25H21N3O6. The number of benzene rings is 3. The maximum atomic E-state index is 13.4. The van der Waals surface area contributed by atoms with Gasteiger partial charge in [-0.2, -0.15) is 10.1 Å². The molecule has 1 amide bonds. The largest absolute Gasteiger partial charge is 0.504 e. The van der Waals surface area contributed by atoms with Crippen molar-refractivity contribution in [2.45, 2.75) is 6.92 Å². The summed E-state index contributed by atoms with van der Waals surface area (Å²) in [6, 6.07) is 17.5. The fourth-order valence-corrected chi connectivity index (χ4v) is 3.46. The van der Waals surface area contributed by atoms with E-state index in [1.165, 1.54) is 35.3 Å². The first kappa shape index (κ1) is 22.5. The van der Waals surface area contributed by atoms with E-state index in [1.807, 2.05) is 6.92 Å². The Morgan fingerprint density at radius 3 is 2.41 bits per heavy atom. The van der Waals surface area contributed by atoms with Gasteiger partial charge in [0.25, 0.3) is 11.6 Å². The van der Waals surface area contributed by atoms with E-state index in [2.05, 4.69) is 5.10 Å². The molecule has 1 aliphatic heterocycles. The van der Waals surface area contributed by atoms with Crippen LogP contribution in [0, 0.1) is 10.1 Å². The molecule has 0 radical (unpaired) electrons. The molecule has 3 aromatic rings. The number of methoxy groups -OCH3 is 1. The average molecular weight is 459 g/mol. The Kier molecular flexibility index (Phi) is 6.26. The topological polar surface area (TPSA) is 114 Å². The Hall–Kier alpha value is -4.66. The summed E-state index contributed by atoms with van der Waals surface area (Å²) < 4.78 is 10.7. The second-order valence-corrected chi connectivity index (χ2v) is 7.29. The molecule has 1 N–H and O–H groups in total. The number of phenolic OH excluding ortho intramolecular Hbond substituents is 1. The summed E-state index contributed by atoms with van der Waals surface area (Å²) in [4.78, 5) is 23.9. The van der Waals surface area contributed by atoms with Crippen molar-refractivity contribution in [3.63, 3.8) is 0 Å². The van der Waals surface area contributed by atoms with Gasteiger partial charge in [0.1, 0.15) is 11.5 Å². The normalized spacial score (nSPS) is 14.3. The first-order valence-electron chi connectivity index (χ1n) is 10.4. The number of carbonyl (C=O) groups is 1. The maximum Gasteiger partial charge on any atom is 0.281 e. The van der Waals surface area contributed by atoms with Crippen LogP contribution in [-0.2, 0) is 4.79 Å². The third-order valence-corrected chi connectivity index (χ3v) is 5.14. The Bertz CT molecular complexity index is 1300. The maximum absolute atomic E-state index is 13.4. The van der Waals surface area contributed by atoms with Crippen molar-refractivity contribution in [1.82, 2.24) is 0 Å². The number of non-ortho nitro benzene ring substituents is 1. The van der Waals surface area contributed by atoms with Gasteiger partial charge in [-0.15, -0.1) is 0 Å². The number of carbonyl (C=O) groups excluding carboxylic acids is 1. The summed E-state index contributed by atoms with van der Waals surface area (Å²) in [5, 5.41) is 26.7. The number of hydrogen-bond donors (Lipinski definition) is 1. The number of hydrogen-bond acceptors (Lipinski definition) is 7. The van der Waals surface area contributed by atoms with Crippen molar-refractivity contribution in [3.05, 3.63) is 93.5 Å². The van der Waals surface area contributed by atoms with Gasteiger partial charge in [0, 0.05) is 17.7 Å². The molecular weight excluding hydrogens is 438 g/mol. The molecule has 4 rings (SSSR count). The van der Waals surface area contributed by atoms with E-state index >= 15 is 0 Å². The molecule has 1 heterocycles. The lowest BCUT2D eigenvalue weighted by atomic mass is 10.00. The SMILES string of the molecule is CCOc1cc(/C=C2\C(=O)N(c3ccc([N+](=O)[O-])cc3)N=C2c2ccc(OC)cc2)ccc1O. The third-order valence-electron chi connectivity index (χ3n) is 5.14. The Labute approximate surface area is 195 Å². The van der Waals surface area contributed by atoms with Crippen LogP contribution in [0.1, 0.15) is 18.1 Å². The van der Waals surface area contributed by atoms with E-state index in [0.29, 0.717) is 46.2 Å². The van der Waals surface area contributed by atoms with Crippen LogP contribution in [0.2, 0.25) is 0 Å². The fourth-order valence-electron chi connectivity index (χ4n) is 3.46. The highest BCUT2D eigenvalue weighted by Crippen LogP contribution is 2.32. The van der Waals surface area contributed by atoms with E-state index < -0.39 is 10.8 Å². The lowest BCUT2D eigenvalue weighted by molar-refractivity contribution is -0.384. The van der Waals surface area contributed by atoms with Gasteiger partial charge in [0.2, 0.25) is 0 Å². The Balaban J connectivity index is 1.79. The lowest BCUT2D eigenvalue weighted by Gasteiger charge is -2.11. The van der Waals surface area contributed by atoms with Crippen molar-refractivity contribution in [1.29, 1.82) is 0 Å². The summed E-state index contributed by atoms with van der Waals surface area (Å²) in [6.45, 7) is 2.18. The second-order valence-electron chi connectivity index (χ2n) is 7.29. The van der Waals surface area contributed by atoms with Crippen LogP contribution in [0.25, 0.3) is 6.08 Å². The molecule has 34 heavy (non-hydrogen) atoms. The number of ether oxygens (including phenoxy) is 2. The van der Waals surface area contributed by atoms with Crippen LogP contribution in [0.15, 0.2) is 77.4 Å². The second kappa shape index (κ2) is 9.45. The summed E-state index contributed by atoms with van der Waals surface area (Å²) in [6.07, 6.45) is 1.67. The zero-order valence-electron chi connectivity index (χ0n) is 18.5. The van der Waals surface area contributed by atoms with E-state index in [0.717, 1.165) is 0 Å². The molecule has 0 atom stereocenters. The van der Waals surface area contributed by atoms with Crippen LogP contribution in [0.4, 0.5) is 11.4 Å². The van der Waals surface area contributed by atoms with E-state index in [1.54, 1.807) is 49.6 Å². The van der Waals surface area contributed by atoms with Gasteiger partial charge >= 0.3 is 0 Å². The van der Waals surface area contributed by atoms with Crippen molar-refractivity contribution >= 4 is 29.1 Å². The lowest BCUT2D eigenvalue weighted by Crippen LogP contribution is -2.21. The number of nitro benzene ring substituents is 1. The molecule has 9 nitrogen and oxygen atoms in total. The minimum atomic E-state index is -0.506. The standard InChI is InChI=1S/C25H21N3O6/c1-3-34-23-15-16(4-13-22(23)29)14-21-24(17-5-11-20(33-2)12-6-17)26-27(25(21)30)18-7-9-19(10-8-18)28(31)32/h4-15,29H,3H2,1-2H3/b21-14-. The van der Waals surface area contributed by atoms with E-state index in [-0.39, 0.29) is 11.4 Å². The zero-order valence-corrected chi connectivity index (χ0v) is 18.5. The Morgan fingerprint density at radius 2 is 1.79 bits per heavy atom. The zero-order chi connectivity index (χ0) is 24.2. The highest BCUT2D eigenvalue weighted by molar-refractivity contribution is 6.37. The van der Waals surface area contributed by atoms with E-state index in [4.69, 9.17) is 9.47 Å². The molecule has 172 valence electrons. The molecule has 0 aliphatic carbocycles. The molecule has 0 aromatic heterocycles. The Morgan fingerprint density at radius 1 is 1.09 bits per heavy atom. The number of nitro groups is 1. The molecule has 1 aliphatic rings. The summed E-state index contributed by atoms with van der Waals surface area (Å²) in [5.74, 6) is 0.563. The van der Waals surface area contributed by atoms with Gasteiger partial charge in [-0.05, 0) is 67.1 Å². The molecule has 0 saturated carbocycles. The smallest absolute Gasteiger partial charge is 0.281 e. The first-order chi connectivity index (χ1) is 16.4. The predicted octanol–water partition coefficient (Wildman–Crippen LogP) is 4.54. The predicted molar refractivity (Wildman–Crippen MR) is 127 cm³/mol. The van der Waals surface area contributed by atoms with Gasteiger partial charge in [0.05, 0.1) is 29.9 Å². The minimum absolute atomic E-state index is 0.00157. The van der Waals surface area contributed by atoms with Gasteiger partial charge in [-0.25, -0.2) is 0 Å². The molecule has 0 saturated heterocycles. The van der Waals surface area contributed by atoms with Crippen molar-refractivity contribution < 1.29 is 24.3 Å². The first-order valence-corrected chi connectivity index (χ1v) is 10.4. The quantitative estimate of drug-likeness (QED) is 0.315. The molecule has 9 heteroatoms. The fraction of sp³-hybridized carbons (Fsp3) is 0.120. The number of aromatic hydroxyl groups is 1. The van der Waals surface area contributed by atoms with Crippen LogP contribution in [0.5, 0.6) is 17.2 Å². The van der Waals surface area contributed by atoms with Crippen LogP contribution in [0.3, 0.4) is 0 Å². The molecule has 0 fully saturated rings. The monoisotopic (exact) mass is 459 g/mol. The van der Waals surface area contributed by atoms with Crippen LogP contribution >= 0.6 is 0 Å². The molecule has 0 unspecified atom stereocenters. The van der Waals surface area contributed by atoms with Crippen LogP contribution in [-0.4, -0.2) is 35.4 Å². The third kappa shape index (κ3) is 4.44. The summed E-state index contributed by atoms with van der Waals surface area (Å²) in [5.41, 5.74) is 2.38. The number of nitrogens with zero attached hydrogens (tertiary/aromatic N) is 3. The average Bonchev–Trinajstić information content (AvgIpc) is 3.17. The number of anilines is 1. The molecule has 3 aromatic carbocycles. The number of amides is 1. The minimum Gasteiger partial charge on any atom is -0.504 e.